The van der Waals surface area contributed by atoms with E-state index in [4.69, 9.17) is 9.84 Å². The van der Waals surface area contributed by atoms with Crippen LogP contribution in [0.4, 0.5) is 0 Å². The SMILES string of the molecule is C[C@H]1CCCC(C)(C)[C@@]12Cc1cc(C(=O)O)ccc1O2. The first kappa shape index (κ1) is 13.5. The second-order valence-electron chi connectivity index (χ2n) is 6.97. The maximum absolute atomic E-state index is 11.1. The third-order valence-electron chi connectivity index (χ3n) is 5.43. The van der Waals surface area contributed by atoms with Crippen molar-refractivity contribution in [2.24, 2.45) is 11.3 Å². The molecule has 2 atom stereocenters. The molecule has 1 aliphatic carbocycles. The molecule has 20 heavy (non-hydrogen) atoms. The van der Waals surface area contributed by atoms with E-state index in [9.17, 15) is 4.79 Å². The minimum atomic E-state index is -0.871. The summed E-state index contributed by atoms with van der Waals surface area (Å²) in [6.07, 6.45) is 4.42. The molecule has 1 fully saturated rings. The Morgan fingerprint density at radius 3 is 2.80 bits per heavy atom. The van der Waals surface area contributed by atoms with Crippen molar-refractivity contribution in [2.75, 3.05) is 0 Å². The standard InChI is InChI=1S/C17H22O3/c1-11-5-4-8-16(2,3)17(11)10-13-9-12(15(18)19)6-7-14(13)20-17/h6-7,9,11H,4-5,8,10H2,1-3H3,(H,18,19)/t11-,17+/m0/s1. The van der Waals surface area contributed by atoms with Crippen LogP contribution in [0.3, 0.4) is 0 Å². The summed E-state index contributed by atoms with van der Waals surface area (Å²) in [6.45, 7) is 6.84. The number of benzene rings is 1. The molecule has 0 aromatic heterocycles. The molecule has 0 unspecified atom stereocenters. The first-order valence-corrected chi connectivity index (χ1v) is 7.41. The predicted octanol–water partition coefficient (Wildman–Crippen LogP) is 3.90. The van der Waals surface area contributed by atoms with Crippen LogP contribution in [0.15, 0.2) is 18.2 Å². The number of hydrogen-bond donors (Lipinski definition) is 1. The van der Waals surface area contributed by atoms with Crippen LogP contribution in [0.2, 0.25) is 0 Å². The molecule has 1 aliphatic heterocycles. The lowest BCUT2D eigenvalue weighted by atomic mass is 9.59. The highest BCUT2D eigenvalue weighted by Crippen LogP contribution is 2.55. The van der Waals surface area contributed by atoms with Gasteiger partial charge in [-0.1, -0.05) is 27.2 Å². The lowest BCUT2D eigenvalue weighted by Crippen LogP contribution is -2.56. The number of carboxylic acids is 1. The number of rotatable bonds is 1. The van der Waals surface area contributed by atoms with Gasteiger partial charge in [-0.2, -0.15) is 0 Å². The van der Waals surface area contributed by atoms with Crippen LogP contribution in [0.25, 0.3) is 0 Å². The van der Waals surface area contributed by atoms with Crippen LogP contribution in [0, 0.1) is 11.3 Å². The predicted molar refractivity (Wildman–Crippen MR) is 77.3 cm³/mol. The smallest absolute Gasteiger partial charge is 0.335 e. The van der Waals surface area contributed by atoms with Gasteiger partial charge in [-0.25, -0.2) is 4.79 Å². The Labute approximate surface area is 120 Å². The van der Waals surface area contributed by atoms with Crippen molar-refractivity contribution in [1.82, 2.24) is 0 Å². The fourth-order valence-electron chi connectivity index (χ4n) is 4.08. The zero-order valence-corrected chi connectivity index (χ0v) is 12.4. The molecule has 1 N–H and O–H groups in total. The summed E-state index contributed by atoms with van der Waals surface area (Å²) in [5.74, 6) is 0.494. The molecule has 1 spiro atoms. The van der Waals surface area contributed by atoms with Crippen molar-refractivity contribution in [3.63, 3.8) is 0 Å². The molecule has 0 amide bonds. The average molecular weight is 274 g/mol. The van der Waals surface area contributed by atoms with Gasteiger partial charge in [0.25, 0.3) is 0 Å². The zero-order valence-electron chi connectivity index (χ0n) is 12.4. The molecule has 3 rings (SSSR count). The van der Waals surface area contributed by atoms with Crippen LogP contribution in [-0.2, 0) is 6.42 Å². The Hall–Kier alpha value is -1.51. The van der Waals surface area contributed by atoms with Crippen molar-refractivity contribution < 1.29 is 14.6 Å². The van der Waals surface area contributed by atoms with E-state index in [0.29, 0.717) is 11.5 Å². The van der Waals surface area contributed by atoms with Crippen molar-refractivity contribution in [1.29, 1.82) is 0 Å². The fraction of sp³-hybridized carbons (Fsp3) is 0.588. The lowest BCUT2D eigenvalue weighted by Gasteiger charge is -2.51. The summed E-state index contributed by atoms with van der Waals surface area (Å²) in [7, 11) is 0. The van der Waals surface area contributed by atoms with E-state index >= 15 is 0 Å². The largest absolute Gasteiger partial charge is 0.486 e. The van der Waals surface area contributed by atoms with E-state index in [0.717, 1.165) is 24.2 Å². The van der Waals surface area contributed by atoms with Gasteiger partial charge in [-0.15, -0.1) is 0 Å². The van der Waals surface area contributed by atoms with E-state index in [1.807, 2.05) is 6.07 Å². The molecule has 0 saturated heterocycles. The molecule has 0 bridgehead atoms. The number of aromatic carboxylic acids is 1. The Balaban J connectivity index is 2.01. The Morgan fingerprint density at radius 1 is 1.40 bits per heavy atom. The van der Waals surface area contributed by atoms with Gasteiger partial charge in [0, 0.05) is 11.8 Å². The topological polar surface area (TPSA) is 46.5 Å². The molecule has 0 radical (unpaired) electrons. The number of fused-ring (bicyclic) bond motifs is 1. The third kappa shape index (κ3) is 1.75. The lowest BCUT2D eigenvalue weighted by molar-refractivity contribution is -0.0965. The Morgan fingerprint density at radius 2 is 2.15 bits per heavy atom. The average Bonchev–Trinajstić information content (AvgIpc) is 2.76. The van der Waals surface area contributed by atoms with Crippen molar-refractivity contribution in [3.8, 4) is 5.75 Å². The number of hydrogen-bond acceptors (Lipinski definition) is 2. The Kier molecular flexibility index (Phi) is 2.86. The highest BCUT2D eigenvalue weighted by atomic mass is 16.5. The summed E-state index contributed by atoms with van der Waals surface area (Å²) in [4.78, 5) is 11.1. The molecule has 1 heterocycles. The van der Waals surface area contributed by atoms with E-state index in [1.54, 1.807) is 12.1 Å². The second kappa shape index (κ2) is 4.24. The van der Waals surface area contributed by atoms with Gasteiger partial charge in [-0.3, -0.25) is 0 Å². The molecule has 3 nitrogen and oxygen atoms in total. The number of carboxylic acid groups (broad SMARTS) is 1. The normalized spacial score (nSPS) is 30.9. The molecular formula is C17H22O3. The third-order valence-corrected chi connectivity index (χ3v) is 5.43. The van der Waals surface area contributed by atoms with E-state index in [-0.39, 0.29) is 11.0 Å². The highest BCUT2D eigenvalue weighted by Gasteiger charge is 2.56. The number of carbonyl (C=O) groups is 1. The van der Waals surface area contributed by atoms with Crippen LogP contribution >= 0.6 is 0 Å². The van der Waals surface area contributed by atoms with Crippen molar-refractivity contribution in [3.05, 3.63) is 29.3 Å². The van der Waals surface area contributed by atoms with Crippen molar-refractivity contribution >= 4 is 5.97 Å². The van der Waals surface area contributed by atoms with E-state index in [1.165, 1.54) is 12.8 Å². The first-order chi connectivity index (χ1) is 9.36. The minimum Gasteiger partial charge on any atom is -0.486 e. The van der Waals surface area contributed by atoms with Crippen LogP contribution in [0.1, 0.15) is 56.0 Å². The summed E-state index contributed by atoms with van der Waals surface area (Å²) < 4.78 is 6.40. The molecule has 1 aromatic carbocycles. The minimum absolute atomic E-state index is 0.118. The molecule has 3 heteroatoms. The summed E-state index contributed by atoms with van der Waals surface area (Å²) in [6, 6.07) is 5.25. The summed E-state index contributed by atoms with van der Waals surface area (Å²) >= 11 is 0. The van der Waals surface area contributed by atoms with Gasteiger partial charge >= 0.3 is 5.97 Å². The maximum atomic E-state index is 11.1. The van der Waals surface area contributed by atoms with Crippen LogP contribution in [0.5, 0.6) is 5.75 Å². The zero-order chi connectivity index (χ0) is 14.5. The monoisotopic (exact) mass is 274 g/mol. The molecule has 108 valence electrons. The first-order valence-electron chi connectivity index (χ1n) is 7.41. The molecule has 1 aromatic rings. The highest BCUT2D eigenvalue weighted by molar-refractivity contribution is 5.88. The molecule has 2 aliphatic rings. The van der Waals surface area contributed by atoms with Crippen molar-refractivity contribution in [2.45, 2.75) is 52.1 Å². The maximum Gasteiger partial charge on any atom is 0.335 e. The van der Waals surface area contributed by atoms with Gasteiger partial charge in [0.1, 0.15) is 11.4 Å². The Bertz CT molecular complexity index is 561. The number of ether oxygens (including phenoxy) is 1. The fourth-order valence-corrected chi connectivity index (χ4v) is 4.08. The van der Waals surface area contributed by atoms with Crippen LogP contribution in [-0.4, -0.2) is 16.7 Å². The van der Waals surface area contributed by atoms with Gasteiger partial charge in [0.15, 0.2) is 0 Å². The van der Waals surface area contributed by atoms with E-state index in [2.05, 4.69) is 20.8 Å². The van der Waals surface area contributed by atoms with Gasteiger partial charge in [0.2, 0.25) is 0 Å². The molecule has 1 saturated carbocycles. The molecular weight excluding hydrogens is 252 g/mol. The van der Waals surface area contributed by atoms with Gasteiger partial charge in [-0.05, 0) is 42.5 Å². The quantitative estimate of drug-likeness (QED) is 0.844. The van der Waals surface area contributed by atoms with Gasteiger partial charge in [0.05, 0.1) is 5.56 Å². The second-order valence-corrected chi connectivity index (χ2v) is 6.97. The van der Waals surface area contributed by atoms with Crippen LogP contribution < -0.4 is 4.74 Å². The summed E-state index contributed by atoms with van der Waals surface area (Å²) in [5.41, 5.74) is 1.34. The summed E-state index contributed by atoms with van der Waals surface area (Å²) in [5, 5.41) is 9.13. The van der Waals surface area contributed by atoms with Gasteiger partial charge < -0.3 is 9.84 Å². The van der Waals surface area contributed by atoms with E-state index < -0.39 is 5.97 Å².